The van der Waals surface area contributed by atoms with Crippen LogP contribution in [0.15, 0.2) is 0 Å². The predicted octanol–water partition coefficient (Wildman–Crippen LogP) is 1.57. The zero-order valence-electron chi connectivity index (χ0n) is 3.69. The Kier molecular flexibility index (Phi) is 1.02. The van der Waals surface area contributed by atoms with Crippen LogP contribution in [0.4, 0.5) is 8.78 Å². The number of rotatable bonds is 1. The first-order valence-electron chi connectivity index (χ1n) is 2.15. The third-order valence-electron chi connectivity index (χ3n) is 1.18. The summed E-state index contributed by atoms with van der Waals surface area (Å²) in [6.45, 7) is 0. The SMILES string of the molecule is FC1(F)CC1CS. The van der Waals surface area contributed by atoms with Gasteiger partial charge in [0.25, 0.3) is 5.92 Å². The molecule has 1 aliphatic carbocycles. The highest BCUT2D eigenvalue weighted by Crippen LogP contribution is 2.48. The molecule has 1 fully saturated rings. The summed E-state index contributed by atoms with van der Waals surface area (Å²) < 4.78 is 23.5. The van der Waals surface area contributed by atoms with E-state index in [-0.39, 0.29) is 6.42 Å². The first kappa shape index (κ1) is 5.35. The van der Waals surface area contributed by atoms with Crippen molar-refractivity contribution in [1.82, 2.24) is 0 Å². The van der Waals surface area contributed by atoms with Crippen LogP contribution in [0.5, 0.6) is 0 Å². The molecule has 42 valence electrons. The quantitative estimate of drug-likeness (QED) is 0.504. The lowest BCUT2D eigenvalue weighted by molar-refractivity contribution is 0.103. The van der Waals surface area contributed by atoms with Crippen LogP contribution in [-0.4, -0.2) is 11.7 Å². The molecule has 0 heterocycles. The Morgan fingerprint density at radius 1 is 1.71 bits per heavy atom. The van der Waals surface area contributed by atoms with E-state index < -0.39 is 11.8 Å². The second-order valence-corrected chi connectivity index (χ2v) is 2.21. The van der Waals surface area contributed by atoms with Crippen LogP contribution >= 0.6 is 12.6 Å². The van der Waals surface area contributed by atoms with Gasteiger partial charge in [0, 0.05) is 12.3 Å². The van der Waals surface area contributed by atoms with Gasteiger partial charge in [0.15, 0.2) is 0 Å². The number of hydrogen-bond donors (Lipinski definition) is 1. The number of hydrogen-bond acceptors (Lipinski definition) is 1. The summed E-state index contributed by atoms with van der Waals surface area (Å²) in [5.74, 6) is -2.45. The Labute approximate surface area is 46.3 Å². The standard InChI is InChI=1S/C4H6F2S/c5-4(6)1-3(4)2-7/h3,7H,1-2H2. The highest BCUT2D eigenvalue weighted by atomic mass is 32.1. The fourth-order valence-corrected chi connectivity index (χ4v) is 0.864. The molecule has 0 nitrogen and oxygen atoms in total. The second kappa shape index (κ2) is 1.34. The molecule has 0 N–H and O–H groups in total. The molecule has 3 heteroatoms. The first-order chi connectivity index (χ1) is 3.17. The van der Waals surface area contributed by atoms with E-state index in [9.17, 15) is 8.78 Å². The van der Waals surface area contributed by atoms with Crippen LogP contribution in [0.25, 0.3) is 0 Å². The molecule has 7 heavy (non-hydrogen) atoms. The highest BCUT2D eigenvalue weighted by molar-refractivity contribution is 7.80. The van der Waals surface area contributed by atoms with Crippen molar-refractivity contribution in [2.24, 2.45) is 5.92 Å². The Balaban J connectivity index is 2.30. The lowest BCUT2D eigenvalue weighted by Crippen LogP contribution is -1.93. The van der Waals surface area contributed by atoms with Crippen LogP contribution in [0.1, 0.15) is 6.42 Å². The third-order valence-corrected chi connectivity index (χ3v) is 1.62. The second-order valence-electron chi connectivity index (χ2n) is 1.84. The van der Waals surface area contributed by atoms with E-state index in [0.29, 0.717) is 5.75 Å². The molecule has 0 aromatic carbocycles. The van der Waals surface area contributed by atoms with E-state index in [0.717, 1.165) is 0 Å². The molecule has 1 rings (SSSR count). The molecular formula is C4H6F2S. The molecule has 1 aliphatic rings. The van der Waals surface area contributed by atoms with Crippen LogP contribution in [0.2, 0.25) is 0 Å². The molecule has 1 atom stereocenters. The van der Waals surface area contributed by atoms with Gasteiger partial charge in [0.05, 0.1) is 0 Å². The minimum atomic E-state index is -2.36. The van der Waals surface area contributed by atoms with Gasteiger partial charge in [0.1, 0.15) is 0 Å². The average Bonchev–Trinajstić information content (AvgIpc) is 2.13. The summed E-state index contributed by atoms with van der Waals surface area (Å²) in [6, 6.07) is 0. The van der Waals surface area contributed by atoms with Crippen molar-refractivity contribution >= 4 is 12.6 Å². The van der Waals surface area contributed by atoms with Gasteiger partial charge in [-0.25, -0.2) is 8.78 Å². The summed E-state index contributed by atoms with van der Waals surface area (Å²) >= 11 is 3.71. The lowest BCUT2D eigenvalue weighted by Gasteiger charge is -1.86. The van der Waals surface area contributed by atoms with E-state index in [1.54, 1.807) is 0 Å². The van der Waals surface area contributed by atoms with E-state index in [2.05, 4.69) is 12.6 Å². The van der Waals surface area contributed by atoms with Crippen molar-refractivity contribution in [2.45, 2.75) is 12.3 Å². The first-order valence-corrected chi connectivity index (χ1v) is 2.79. The van der Waals surface area contributed by atoms with Gasteiger partial charge >= 0.3 is 0 Å². The molecule has 0 aromatic rings. The minimum Gasteiger partial charge on any atom is -0.207 e. The fraction of sp³-hybridized carbons (Fsp3) is 1.00. The highest BCUT2D eigenvalue weighted by Gasteiger charge is 2.55. The van der Waals surface area contributed by atoms with Crippen LogP contribution in [0, 0.1) is 5.92 Å². The predicted molar refractivity (Wildman–Crippen MR) is 26.9 cm³/mol. The average molecular weight is 124 g/mol. The molecule has 0 radical (unpaired) electrons. The van der Waals surface area contributed by atoms with Gasteiger partial charge < -0.3 is 0 Å². The van der Waals surface area contributed by atoms with Crippen molar-refractivity contribution in [3.63, 3.8) is 0 Å². The molecule has 1 unspecified atom stereocenters. The summed E-state index contributed by atoms with van der Waals surface area (Å²) in [5.41, 5.74) is 0. The van der Waals surface area contributed by atoms with Crippen molar-refractivity contribution in [1.29, 1.82) is 0 Å². The third kappa shape index (κ3) is 0.876. The van der Waals surface area contributed by atoms with Crippen LogP contribution < -0.4 is 0 Å². The molecule has 0 bridgehead atoms. The van der Waals surface area contributed by atoms with Crippen molar-refractivity contribution < 1.29 is 8.78 Å². The summed E-state index contributed by atoms with van der Waals surface area (Å²) in [5, 5.41) is 0. The van der Waals surface area contributed by atoms with Gasteiger partial charge in [-0.1, -0.05) is 0 Å². The smallest absolute Gasteiger partial charge is 0.207 e. The van der Waals surface area contributed by atoms with E-state index >= 15 is 0 Å². The number of halogens is 2. The minimum absolute atomic E-state index is 0.0521. The normalized spacial score (nSPS) is 35.6. The molecule has 0 saturated heterocycles. The monoisotopic (exact) mass is 124 g/mol. The maximum absolute atomic E-state index is 11.7. The Morgan fingerprint density at radius 2 is 2.14 bits per heavy atom. The number of thiol groups is 1. The lowest BCUT2D eigenvalue weighted by atomic mass is 10.5. The number of alkyl halides is 2. The summed E-state index contributed by atoms with van der Waals surface area (Å²) in [6.07, 6.45) is 0.0521. The zero-order chi connectivity index (χ0) is 5.49. The topological polar surface area (TPSA) is 0 Å². The van der Waals surface area contributed by atoms with Gasteiger partial charge in [-0.3, -0.25) is 0 Å². The summed E-state index contributed by atoms with van der Waals surface area (Å²) in [7, 11) is 0. The van der Waals surface area contributed by atoms with Crippen molar-refractivity contribution in [3.05, 3.63) is 0 Å². The molecule has 0 amide bonds. The van der Waals surface area contributed by atoms with Gasteiger partial charge in [-0.2, -0.15) is 12.6 Å². The maximum Gasteiger partial charge on any atom is 0.252 e. The van der Waals surface area contributed by atoms with Crippen molar-refractivity contribution in [3.8, 4) is 0 Å². The van der Waals surface area contributed by atoms with Crippen LogP contribution in [0.3, 0.4) is 0 Å². The van der Waals surface area contributed by atoms with Gasteiger partial charge in [-0.15, -0.1) is 0 Å². The molecule has 0 aromatic heterocycles. The van der Waals surface area contributed by atoms with Crippen molar-refractivity contribution in [2.75, 3.05) is 5.75 Å². The van der Waals surface area contributed by atoms with Gasteiger partial charge in [-0.05, 0) is 5.75 Å². The van der Waals surface area contributed by atoms with E-state index in [1.165, 1.54) is 0 Å². The maximum atomic E-state index is 11.7. The van der Waals surface area contributed by atoms with Gasteiger partial charge in [0.2, 0.25) is 0 Å². The Morgan fingerprint density at radius 3 is 2.14 bits per heavy atom. The van der Waals surface area contributed by atoms with E-state index in [1.807, 2.05) is 0 Å². The van der Waals surface area contributed by atoms with Crippen LogP contribution in [-0.2, 0) is 0 Å². The molecule has 1 saturated carbocycles. The summed E-state index contributed by atoms with van der Waals surface area (Å²) in [4.78, 5) is 0. The molecule has 0 spiro atoms. The molecule has 0 aliphatic heterocycles. The zero-order valence-corrected chi connectivity index (χ0v) is 4.59. The fourth-order valence-electron chi connectivity index (χ4n) is 0.468. The largest absolute Gasteiger partial charge is 0.252 e. The Bertz CT molecular complexity index is 81.8. The molecular weight excluding hydrogens is 118 g/mol. The van der Waals surface area contributed by atoms with E-state index in [4.69, 9.17) is 0 Å². The Hall–Kier alpha value is 0.210.